The Bertz CT molecular complexity index is 659. The number of rotatable bonds is 4. The maximum Gasteiger partial charge on any atom is 0.229 e. The van der Waals surface area contributed by atoms with Gasteiger partial charge in [0.05, 0.1) is 11.0 Å². The number of fused-ring (bicyclic) bond motifs is 1. The number of carbonyl (C=O) groups is 1. The molecule has 1 aromatic heterocycles. The highest BCUT2D eigenvalue weighted by Crippen LogP contribution is 2.23. The molecule has 2 aromatic rings. The van der Waals surface area contributed by atoms with Crippen LogP contribution in [0.3, 0.4) is 0 Å². The van der Waals surface area contributed by atoms with Crippen LogP contribution in [0.25, 0.3) is 11.0 Å². The molecule has 118 valence electrons. The molecule has 1 aliphatic heterocycles. The SMILES string of the molecule is CN(C(=O)CC[C@H]1CCCOC1)c1nc2ccccc2n1C. The third-order valence-corrected chi connectivity index (χ3v) is 4.46. The van der Waals surface area contributed by atoms with Gasteiger partial charge in [-0.15, -0.1) is 0 Å². The molecule has 0 saturated carbocycles. The second-order valence-corrected chi connectivity index (χ2v) is 6.03. The minimum absolute atomic E-state index is 0.115. The van der Waals surface area contributed by atoms with Crippen molar-refractivity contribution in [3.05, 3.63) is 24.3 Å². The first kappa shape index (κ1) is 15.0. The largest absolute Gasteiger partial charge is 0.381 e. The van der Waals surface area contributed by atoms with Crippen LogP contribution in [0.5, 0.6) is 0 Å². The van der Waals surface area contributed by atoms with E-state index >= 15 is 0 Å². The lowest BCUT2D eigenvalue weighted by molar-refractivity contribution is -0.118. The van der Waals surface area contributed by atoms with Crippen molar-refractivity contribution >= 4 is 22.9 Å². The highest BCUT2D eigenvalue weighted by Gasteiger charge is 2.20. The van der Waals surface area contributed by atoms with Crippen molar-refractivity contribution in [2.75, 3.05) is 25.2 Å². The van der Waals surface area contributed by atoms with Crippen LogP contribution in [0.15, 0.2) is 24.3 Å². The summed E-state index contributed by atoms with van der Waals surface area (Å²) in [5, 5.41) is 0. The molecule has 1 atom stereocenters. The highest BCUT2D eigenvalue weighted by molar-refractivity contribution is 5.93. The van der Waals surface area contributed by atoms with Gasteiger partial charge in [-0.25, -0.2) is 4.98 Å². The normalized spacial score (nSPS) is 18.5. The summed E-state index contributed by atoms with van der Waals surface area (Å²) < 4.78 is 7.45. The summed E-state index contributed by atoms with van der Waals surface area (Å²) in [6.45, 7) is 1.66. The van der Waals surface area contributed by atoms with Crippen molar-refractivity contribution < 1.29 is 9.53 Å². The van der Waals surface area contributed by atoms with Gasteiger partial charge < -0.3 is 9.30 Å². The standard InChI is InChI=1S/C17H23N3O2/c1-19-15-8-4-3-7-14(15)18-17(19)20(2)16(21)10-9-13-6-5-11-22-12-13/h3-4,7-8,13H,5-6,9-12H2,1-2H3/t13-/m1/s1. The number of benzene rings is 1. The van der Waals surface area contributed by atoms with Gasteiger partial charge in [-0.1, -0.05) is 12.1 Å². The van der Waals surface area contributed by atoms with Crippen LogP contribution >= 0.6 is 0 Å². The lowest BCUT2D eigenvalue weighted by Gasteiger charge is -2.23. The molecule has 1 saturated heterocycles. The Labute approximate surface area is 130 Å². The Morgan fingerprint density at radius 2 is 2.27 bits per heavy atom. The molecule has 22 heavy (non-hydrogen) atoms. The zero-order valence-corrected chi connectivity index (χ0v) is 13.3. The molecule has 5 nitrogen and oxygen atoms in total. The molecular formula is C17H23N3O2. The van der Waals surface area contributed by atoms with Crippen LogP contribution in [-0.2, 0) is 16.6 Å². The smallest absolute Gasteiger partial charge is 0.229 e. The van der Waals surface area contributed by atoms with Crippen molar-refractivity contribution in [3.8, 4) is 0 Å². The lowest BCUT2D eigenvalue weighted by Crippen LogP contribution is -2.29. The fraction of sp³-hybridized carbons (Fsp3) is 0.529. The van der Waals surface area contributed by atoms with Crippen molar-refractivity contribution in [1.82, 2.24) is 9.55 Å². The van der Waals surface area contributed by atoms with Gasteiger partial charge in [0, 0.05) is 33.7 Å². The van der Waals surface area contributed by atoms with Gasteiger partial charge in [0.2, 0.25) is 11.9 Å². The molecule has 0 N–H and O–H groups in total. The van der Waals surface area contributed by atoms with E-state index in [-0.39, 0.29) is 5.91 Å². The van der Waals surface area contributed by atoms with Gasteiger partial charge >= 0.3 is 0 Å². The number of hydrogen-bond acceptors (Lipinski definition) is 3. The molecule has 3 rings (SSSR count). The van der Waals surface area contributed by atoms with Gasteiger partial charge in [-0.2, -0.15) is 0 Å². The summed E-state index contributed by atoms with van der Waals surface area (Å²) >= 11 is 0. The summed E-state index contributed by atoms with van der Waals surface area (Å²) in [6, 6.07) is 7.93. The Hall–Kier alpha value is -1.88. The molecule has 1 aromatic carbocycles. The predicted octanol–water partition coefficient (Wildman–Crippen LogP) is 2.74. The Morgan fingerprint density at radius 1 is 1.45 bits per heavy atom. The number of carbonyl (C=O) groups excluding carboxylic acids is 1. The predicted molar refractivity (Wildman–Crippen MR) is 86.9 cm³/mol. The third-order valence-electron chi connectivity index (χ3n) is 4.46. The molecule has 0 aliphatic carbocycles. The van der Waals surface area contributed by atoms with Gasteiger partial charge in [0.15, 0.2) is 0 Å². The monoisotopic (exact) mass is 301 g/mol. The number of hydrogen-bond donors (Lipinski definition) is 0. The first-order valence-corrected chi connectivity index (χ1v) is 7.92. The quantitative estimate of drug-likeness (QED) is 0.872. The van der Waals surface area contributed by atoms with Crippen molar-refractivity contribution in [2.45, 2.75) is 25.7 Å². The third kappa shape index (κ3) is 2.99. The zero-order chi connectivity index (χ0) is 15.5. The van der Waals surface area contributed by atoms with E-state index in [2.05, 4.69) is 4.98 Å². The maximum atomic E-state index is 12.4. The molecule has 0 spiro atoms. The van der Waals surface area contributed by atoms with E-state index in [0.717, 1.165) is 37.1 Å². The number of anilines is 1. The average molecular weight is 301 g/mol. The van der Waals surface area contributed by atoms with Gasteiger partial charge in [-0.05, 0) is 37.3 Å². The van der Waals surface area contributed by atoms with E-state index in [4.69, 9.17) is 4.74 Å². The van der Waals surface area contributed by atoms with Gasteiger partial charge in [0.1, 0.15) is 0 Å². The number of para-hydroxylation sites is 2. The average Bonchev–Trinajstić information content (AvgIpc) is 2.90. The molecule has 1 amide bonds. The minimum atomic E-state index is 0.115. The van der Waals surface area contributed by atoms with Gasteiger partial charge in [-0.3, -0.25) is 9.69 Å². The van der Waals surface area contributed by atoms with Crippen LogP contribution < -0.4 is 4.90 Å². The minimum Gasteiger partial charge on any atom is -0.381 e. The summed E-state index contributed by atoms with van der Waals surface area (Å²) in [6.07, 6.45) is 3.73. The first-order chi connectivity index (χ1) is 10.7. The summed E-state index contributed by atoms with van der Waals surface area (Å²) in [5.74, 6) is 1.33. The Kier molecular flexibility index (Phi) is 4.43. The number of ether oxygens (including phenoxy) is 1. The fourth-order valence-electron chi connectivity index (χ4n) is 3.07. The molecule has 0 radical (unpaired) electrons. The molecule has 1 fully saturated rings. The van der Waals surface area contributed by atoms with Crippen molar-refractivity contribution in [1.29, 1.82) is 0 Å². The highest BCUT2D eigenvalue weighted by atomic mass is 16.5. The van der Waals surface area contributed by atoms with Crippen molar-refractivity contribution in [3.63, 3.8) is 0 Å². The van der Waals surface area contributed by atoms with Crippen LogP contribution in [0.2, 0.25) is 0 Å². The summed E-state index contributed by atoms with van der Waals surface area (Å²) in [7, 11) is 3.75. The van der Waals surface area contributed by atoms with Crippen LogP contribution in [0.1, 0.15) is 25.7 Å². The van der Waals surface area contributed by atoms with E-state index in [1.165, 1.54) is 6.42 Å². The lowest BCUT2D eigenvalue weighted by atomic mass is 9.97. The van der Waals surface area contributed by atoms with E-state index < -0.39 is 0 Å². The second-order valence-electron chi connectivity index (χ2n) is 6.03. The number of aromatic nitrogens is 2. The molecule has 5 heteroatoms. The Morgan fingerprint density at radius 3 is 3.00 bits per heavy atom. The number of imidazole rings is 1. The van der Waals surface area contributed by atoms with E-state index in [1.54, 1.807) is 11.9 Å². The van der Waals surface area contributed by atoms with E-state index in [9.17, 15) is 4.79 Å². The number of amides is 1. The summed E-state index contributed by atoms with van der Waals surface area (Å²) in [5.41, 5.74) is 1.96. The van der Waals surface area contributed by atoms with Gasteiger partial charge in [0.25, 0.3) is 0 Å². The summed E-state index contributed by atoms with van der Waals surface area (Å²) in [4.78, 5) is 18.7. The van der Waals surface area contributed by atoms with E-state index in [1.807, 2.05) is 35.9 Å². The maximum absolute atomic E-state index is 12.4. The van der Waals surface area contributed by atoms with Crippen LogP contribution in [-0.4, -0.2) is 35.7 Å². The molecule has 1 aliphatic rings. The molecule has 0 bridgehead atoms. The van der Waals surface area contributed by atoms with Crippen LogP contribution in [0, 0.1) is 5.92 Å². The number of aryl methyl sites for hydroxylation is 1. The number of nitrogens with zero attached hydrogens (tertiary/aromatic N) is 3. The van der Waals surface area contributed by atoms with Crippen molar-refractivity contribution in [2.24, 2.45) is 13.0 Å². The van der Waals surface area contributed by atoms with E-state index in [0.29, 0.717) is 18.3 Å². The zero-order valence-electron chi connectivity index (χ0n) is 13.3. The fourth-order valence-corrected chi connectivity index (χ4v) is 3.07. The molecule has 2 heterocycles. The second kappa shape index (κ2) is 6.48. The molecular weight excluding hydrogens is 278 g/mol. The topological polar surface area (TPSA) is 47.4 Å². The first-order valence-electron chi connectivity index (χ1n) is 7.92. The van der Waals surface area contributed by atoms with Crippen LogP contribution in [0.4, 0.5) is 5.95 Å². The Balaban J connectivity index is 1.67. The molecule has 0 unspecified atom stereocenters.